The quantitative estimate of drug-likeness (QED) is 0.697. The summed E-state index contributed by atoms with van der Waals surface area (Å²) in [6.07, 6.45) is 0. The van der Waals surface area contributed by atoms with Crippen molar-refractivity contribution in [3.63, 3.8) is 0 Å². The van der Waals surface area contributed by atoms with Gasteiger partial charge in [-0.05, 0) is 30.7 Å². The molecule has 0 fully saturated rings. The molecule has 0 atom stereocenters. The molecule has 0 spiro atoms. The van der Waals surface area contributed by atoms with Crippen LogP contribution in [0.2, 0.25) is 0 Å². The third-order valence-electron chi connectivity index (χ3n) is 2.20. The number of carbonyl (C=O) groups excluding carboxylic acids is 1. The Kier molecular flexibility index (Phi) is 2.32. The summed E-state index contributed by atoms with van der Waals surface area (Å²) in [5.74, 6) is -0.0830. The predicted molar refractivity (Wildman–Crippen MR) is 57.4 cm³/mol. The van der Waals surface area contributed by atoms with Gasteiger partial charge in [-0.25, -0.2) is 0 Å². The third kappa shape index (κ3) is 1.55. The Balaban J connectivity index is 2.95. The molecule has 15 heavy (non-hydrogen) atoms. The highest BCUT2D eigenvalue weighted by atomic mass is 35.5. The minimum Gasteiger partial charge on any atom is -0.451 e. The zero-order chi connectivity index (χ0) is 11.0. The van der Waals surface area contributed by atoms with Crippen LogP contribution in [-0.2, 0) is 0 Å². The summed E-state index contributed by atoms with van der Waals surface area (Å²) in [6, 6.07) is 6.74. The normalized spacial score (nSPS) is 10.5. The topological polar surface area (TPSA) is 47.3 Å². The number of fused-ring (bicyclic) bond motifs is 1. The fourth-order valence-corrected chi connectivity index (χ4v) is 1.60. The van der Waals surface area contributed by atoms with Crippen molar-refractivity contribution in [3.05, 3.63) is 45.8 Å². The van der Waals surface area contributed by atoms with Crippen LogP contribution in [0.25, 0.3) is 11.0 Å². The fraction of sp³-hybridized carbons (Fsp3) is 0.0909. The lowest BCUT2D eigenvalue weighted by Crippen LogP contribution is -2.10. The summed E-state index contributed by atoms with van der Waals surface area (Å²) in [5, 5.41) is -0.299. The molecule has 1 aromatic carbocycles. The lowest BCUT2D eigenvalue weighted by molar-refractivity contribution is 0.105. The monoisotopic (exact) mass is 222 g/mol. The van der Waals surface area contributed by atoms with Crippen LogP contribution in [0, 0.1) is 6.92 Å². The summed E-state index contributed by atoms with van der Waals surface area (Å²) in [6.45, 7) is 1.52. The van der Waals surface area contributed by atoms with Gasteiger partial charge < -0.3 is 4.42 Å². The molecule has 2 aromatic rings. The second-order valence-electron chi connectivity index (χ2n) is 3.16. The van der Waals surface area contributed by atoms with E-state index < -0.39 is 5.24 Å². The van der Waals surface area contributed by atoms with Gasteiger partial charge in [0.2, 0.25) is 0 Å². The van der Waals surface area contributed by atoms with Crippen molar-refractivity contribution < 1.29 is 9.21 Å². The average Bonchev–Trinajstić information content (AvgIpc) is 2.23. The number of benzene rings is 1. The molecule has 0 N–H and O–H groups in total. The van der Waals surface area contributed by atoms with Gasteiger partial charge in [0, 0.05) is 5.56 Å². The van der Waals surface area contributed by atoms with Crippen LogP contribution >= 0.6 is 11.6 Å². The minimum absolute atomic E-state index is 0.0830. The molecule has 3 nitrogen and oxygen atoms in total. The molecule has 0 radical (unpaired) electrons. The fourth-order valence-electron chi connectivity index (χ4n) is 1.42. The minimum atomic E-state index is -0.754. The summed E-state index contributed by atoms with van der Waals surface area (Å²) in [4.78, 5) is 22.8. The molecule has 1 heterocycles. The molecule has 0 unspecified atom stereocenters. The Morgan fingerprint density at radius 2 is 2.00 bits per heavy atom. The second-order valence-corrected chi connectivity index (χ2v) is 3.50. The molecule has 0 aliphatic heterocycles. The maximum Gasteiger partial charge on any atom is 0.288 e. The maximum absolute atomic E-state index is 11.8. The van der Waals surface area contributed by atoms with Gasteiger partial charge in [-0.3, -0.25) is 9.59 Å². The van der Waals surface area contributed by atoms with Crippen LogP contribution in [-0.4, -0.2) is 5.24 Å². The van der Waals surface area contributed by atoms with Gasteiger partial charge in [0.1, 0.15) is 5.58 Å². The molecule has 4 heteroatoms. The van der Waals surface area contributed by atoms with Crippen molar-refractivity contribution in [2.75, 3.05) is 0 Å². The maximum atomic E-state index is 11.8. The zero-order valence-corrected chi connectivity index (χ0v) is 8.67. The van der Waals surface area contributed by atoms with Gasteiger partial charge in [-0.1, -0.05) is 12.1 Å². The molecule has 0 amide bonds. The molecule has 1 aromatic heterocycles. The molecule has 76 valence electrons. The van der Waals surface area contributed by atoms with Gasteiger partial charge in [0.25, 0.3) is 5.24 Å². The number of carbonyl (C=O) groups is 1. The largest absolute Gasteiger partial charge is 0.451 e. The second kappa shape index (κ2) is 3.51. The Morgan fingerprint density at radius 3 is 2.67 bits per heavy atom. The Morgan fingerprint density at radius 1 is 1.33 bits per heavy atom. The Labute approximate surface area is 90.3 Å². The number of hydrogen-bond donors (Lipinski definition) is 0. The standard InChI is InChI=1S/C11H7ClO3/c1-6-9(13)7-4-2-3-5-8(7)15-10(6)11(12)14/h2-5H,1H3. The van der Waals surface area contributed by atoms with Gasteiger partial charge in [0.05, 0.1) is 5.39 Å². The van der Waals surface area contributed by atoms with Crippen LogP contribution in [0.15, 0.2) is 33.5 Å². The smallest absolute Gasteiger partial charge is 0.288 e. The van der Waals surface area contributed by atoms with Gasteiger partial charge in [0.15, 0.2) is 11.2 Å². The van der Waals surface area contributed by atoms with E-state index in [0.29, 0.717) is 11.0 Å². The molecular formula is C11H7ClO3. The molecule has 0 aliphatic carbocycles. The van der Waals surface area contributed by atoms with Crippen LogP contribution in [0.5, 0.6) is 0 Å². The van der Waals surface area contributed by atoms with Gasteiger partial charge in [-0.15, -0.1) is 0 Å². The summed E-state index contributed by atoms with van der Waals surface area (Å²) in [7, 11) is 0. The first-order chi connectivity index (χ1) is 7.11. The van der Waals surface area contributed by atoms with E-state index in [9.17, 15) is 9.59 Å². The number of para-hydroxylation sites is 1. The first-order valence-electron chi connectivity index (χ1n) is 4.33. The highest BCUT2D eigenvalue weighted by Crippen LogP contribution is 2.16. The summed E-state index contributed by atoms with van der Waals surface area (Å²) >= 11 is 5.31. The van der Waals surface area contributed by atoms with Crippen molar-refractivity contribution in [3.8, 4) is 0 Å². The van der Waals surface area contributed by atoms with Gasteiger partial charge >= 0.3 is 0 Å². The molecule has 0 saturated heterocycles. The lowest BCUT2D eigenvalue weighted by atomic mass is 10.1. The molecule has 2 rings (SSSR count). The third-order valence-corrected chi connectivity index (χ3v) is 2.38. The highest BCUT2D eigenvalue weighted by Gasteiger charge is 2.14. The van der Waals surface area contributed by atoms with E-state index in [1.807, 2.05) is 0 Å². The van der Waals surface area contributed by atoms with E-state index in [1.54, 1.807) is 24.3 Å². The van der Waals surface area contributed by atoms with Crippen molar-refractivity contribution in [1.82, 2.24) is 0 Å². The molecule has 0 aliphatic rings. The summed E-state index contributed by atoms with van der Waals surface area (Å²) in [5.41, 5.74) is 0.395. The molecule has 0 bridgehead atoms. The average molecular weight is 223 g/mol. The van der Waals surface area contributed by atoms with Crippen molar-refractivity contribution in [2.45, 2.75) is 6.92 Å². The number of halogens is 1. The van der Waals surface area contributed by atoms with Crippen molar-refractivity contribution >= 4 is 27.8 Å². The van der Waals surface area contributed by atoms with E-state index in [-0.39, 0.29) is 16.8 Å². The van der Waals surface area contributed by atoms with Crippen LogP contribution < -0.4 is 5.43 Å². The van der Waals surface area contributed by atoms with Crippen molar-refractivity contribution in [2.24, 2.45) is 0 Å². The lowest BCUT2D eigenvalue weighted by Gasteiger charge is -2.01. The number of rotatable bonds is 1. The SMILES string of the molecule is Cc1c(C(=O)Cl)oc2ccccc2c1=O. The van der Waals surface area contributed by atoms with E-state index >= 15 is 0 Å². The zero-order valence-electron chi connectivity index (χ0n) is 7.91. The van der Waals surface area contributed by atoms with E-state index in [0.717, 1.165) is 0 Å². The van der Waals surface area contributed by atoms with Crippen LogP contribution in [0.3, 0.4) is 0 Å². The number of hydrogen-bond acceptors (Lipinski definition) is 3. The summed E-state index contributed by atoms with van der Waals surface area (Å²) < 4.78 is 5.25. The van der Waals surface area contributed by atoms with Crippen LogP contribution in [0.1, 0.15) is 16.1 Å². The van der Waals surface area contributed by atoms with E-state index in [2.05, 4.69) is 0 Å². The van der Waals surface area contributed by atoms with E-state index in [4.69, 9.17) is 16.0 Å². The van der Waals surface area contributed by atoms with E-state index in [1.165, 1.54) is 6.92 Å². The predicted octanol–water partition coefficient (Wildman–Crippen LogP) is 2.48. The van der Waals surface area contributed by atoms with Gasteiger partial charge in [-0.2, -0.15) is 0 Å². The Bertz CT molecular complexity index is 598. The first kappa shape index (κ1) is 9.93. The molecule has 0 saturated carbocycles. The molecular weight excluding hydrogens is 216 g/mol. The Hall–Kier alpha value is -1.61. The van der Waals surface area contributed by atoms with Crippen molar-refractivity contribution in [1.29, 1.82) is 0 Å². The first-order valence-corrected chi connectivity index (χ1v) is 4.71. The highest BCUT2D eigenvalue weighted by molar-refractivity contribution is 6.67. The van der Waals surface area contributed by atoms with Crippen LogP contribution in [0.4, 0.5) is 0 Å².